The van der Waals surface area contributed by atoms with E-state index in [9.17, 15) is 4.79 Å². The number of thiazole rings is 1. The minimum absolute atomic E-state index is 0.0529. The van der Waals surface area contributed by atoms with Gasteiger partial charge in [-0.25, -0.2) is 4.98 Å². The van der Waals surface area contributed by atoms with E-state index in [1.165, 1.54) is 11.1 Å². The van der Waals surface area contributed by atoms with E-state index in [2.05, 4.69) is 36.0 Å². The number of carbonyl (C=O) groups excluding carboxylic acids is 1. The van der Waals surface area contributed by atoms with Crippen LogP contribution in [0.3, 0.4) is 0 Å². The Morgan fingerprint density at radius 2 is 2.00 bits per heavy atom. The van der Waals surface area contributed by atoms with Gasteiger partial charge in [-0.1, -0.05) is 17.4 Å². The Morgan fingerprint density at radius 3 is 2.73 bits per heavy atom. The topological polar surface area (TPSA) is 63.5 Å². The van der Waals surface area contributed by atoms with Crippen molar-refractivity contribution < 1.29 is 9.53 Å². The quantitative estimate of drug-likeness (QED) is 0.601. The van der Waals surface area contributed by atoms with Crippen LogP contribution in [0.25, 0.3) is 10.2 Å². The van der Waals surface area contributed by atoms with Crippen LogP contribution in [0, 0.1) is 13.8 Å². The molecule has 3 heterocycles. The van der Waals surface area contributed by atoms with Gasteiger partial charge in [-0.3, -0.25) is 19.3 Å². The van der Waals surface area contributed by atoms with E-state index in [4.69, 9.17) is 9.72 Å². The molecule has 0 saturated carbocycles. The van der Waals surface area contributed by atoms with Gasteiger partial charge in [0.2, 0.25) is 0 Å². The van der Waals surface area contributed by atoms with Crippen molar-refractivity contribution in [2.45, 2.75) is 33.7 Å². The van der Waals surface area contributed by atoms with Crippen molar-refractivity contribution in [1.29, 1.82) is 0 Å². The number of carbonyl (C=O) groups is 1. The SMILES string of the molecule is Cc1ccc2sc(N(CCN3CCOCC3)C(=O)c3ccnn3C(C)C)nc2c1C. The number of aromatic nitrogens is 3. The first kappa shape index (κ1) is 21.0. The molecule has 0 radical (unpaired) electrons. The van der Waals surface area contributed by atoms with Crippen LogP contribution >= 0.6 is 11.3 Å². The number of anilines is 1. The number of aryl methyl sites for hydroxylation is 2. The van der Waals surface area contributed by atoms with Crippen LogP contribution < -0.4 is 4.90 Å². The number of ether oxygens (including phenoxy) is 1. The van der Waals surface area contributed by atoms with Crippen molar-refractivity contribution in [3.05, 3.63) is 41.2 Å². The standard InChI is InChI=1S/C22H29N5O2S/c1-15(2)27-18(7-8-23-27)21(28)26(10-9-25-11-13-29-14-12-25)22-24-20-17(4)16(3)5-6-19(20)30-22/h5-8,15H,9-14H2,1-4H3. The highest BCUT2D eigenvalue weighted by Crippen LogP contribution is 2.32. The summed E-state index contributed by atoms with van der Waals surface area (Å²) in [5.41, 5.74) is 3.96. The molecule has 0 bridgehead atoms. The average molecular weight is 428 g/mol. The highest BCUT2D eigenvalue weighted by atomic mass is 32.1. The van der Waals surface area contributed by atoms with E-state index in [0.29, 0.717) is 12.2 Å². The number of amides is 1. The lowest BCUT2D eigenvalue weighted by Crippen LogP contribution is -2.43. The molecule has 0 aliphatic carbocycles. The van der Waals surface area contributed by atoms with E-state index in [1.54, 1.807) is 28.3 Å². The predicted octanol–water partition coefficient (Wildman–Crippen LogP) is 3.67. The molecule has 2 aromatic heterocycles. The van der Waals surface area contributed by atoms with Crippen molar-refractivity contribution in [2.24, 2.45) is 0 Å². The Hall–Kier alpha value is -2.29. The molecule has 0 atom stereocenters. The van der Waals surface area contributed by atoms with E-state index < -0.39 is 0 Å². The van der Waals surface area contributed by atoms with Crippen LogP contribution in [0.4, 0.5) is 5.13 Å². The molecular weight excluding hydrogens is 398 g/mol. The number of benzene rings is 1. The molecule has 1 aliphatic rings. The Balaban J connectivity index is 1.68. The lowest BCUT2D eigenvalue weighted by molar-refractivity contribution is 0.0391. The van der Waals surface area contributed by atoms with Gasteiger partial charge < -0.3 is 4.74 Å². The third kappa shape index (κ3) is 4.12. The van der Waals surface area contributed by atoms with Gasteiger partial charge in [0.05, 0.1) is 23.4 Å². The fourth-order valence-electron chi connectivity index (χ4n) is 3.71. The molecule has 30 heavy (non-hydrogen) atoms. The summed E-state index contributed by atoms with van der Waals surface area (Å²) in [5, 5.41) is 5.10. The van der Waals surface area contributed by atoms with E-state index >= 15 is 0 Å². The maximum absolute atomic E-state index is 13.6. The van der Waals surface area contributed by atoms with Gasteiger partial charge in [0.1, 0.15) is 5.69 Å². The first-order chi connectivity index (χ1) is 14.5. The highest BCUT2D eigenvalue weighted by molar-refractivity contribution is 7.22. The molecule has 160 valence electrons. The van der Waals surface area contributed by atoms with E-state index in [0.717, 1.165) is 48.2 Å². The molecule has 1 aromatic carbocycles. The summed E-state index contributed by atoms with van der Waals surface area (Å²) in [5.74, 6) is -0.0529. The average Bonchev–Trinajstić information content (AvgIpc) is 3.39. The summed E-state index contributed by atoms with van der Waals surface area (Å²) in [6.07, 6.45) is 1.69. The summed E-state index contributed by atoms with van der Waals surface area (Å²) in [7, 11) is 0. The van der Waals surface area contributed by atoms with Gasteiger partial charge in [-0.2, -0.15) is 5.10 Å². The fraction of sp³-hybridized carbons (Fsp3) is 0.500. The summed E-state index contributed by atoms with van der Waals surface area (Å²) >= 11 is 1.58. The van der Waals surface area contributed by atoms with Crippen molar-refractivity contribution in [3.63, 3.8) is 0 Å². The molecular formula is C22H29N5O2S. The molecule has 1 fully saturated rings. The maximum Gasteiger partial charge on any atom is 0.278 e. The second kappa shape index (κ2) is 8.83. The number of morpholine rings is 1. The minimum Gasteiger partial charge on any atom is -0.379 e. The molecule has 0 spiro atoms. The Labute approximate surface area is 181 Å². The van der Waals surface area contributed by atoms with Gasteiger partial charge in [0.15, 0.2) is 5.13 Å². The second-order valence-electron chi connectivity index (χ2n) is 8.02. The fourth-order valence-corrected chi connectivity index (χ4v) is 4.76. The third-order valence-electron chi connectivity index (χ3n) is 5.67. The first-order valence-corrected chi connectivity index (χ1v) is 11.3. The monoisotopic (exact) mass is 427 g/mol. The Kier molecular flexibility index (Phi) is 6.17. The third-order valence-corrected chi connectivity index (χ3v) is 6.72. The number of hydrogen-bond donors (Lipinski definition) is 0. The summed E-state index contributed by atoms with van der Waals surface area (Å²) in [6.45, 7) is 12.9. The van der Waals surface area contributed by atoms with Crippen LogP contribution in [0.15, 0.2) is 24.4 Å². The number of hydrogen-bond acceptors (Lipinski definition) is 6. The summed E-state index contributed by atoms with van der Waals surface area (Å²) in [6, 6.07) is 6.13. The molecule has 4 rings (SSSR count). The summed E-state index contributed by atoms with van der Waals surface area (Å²) in [4.78, 5) is 22.7. The van der Waals surface area contributed by atoms with Crippen LogP contribution in [0.2, 0.25) is 0 Å². The van der Waals surface area contributed by atoms with Crippen LogP contribution in [-0.4, -0.2) is 65.0 Å². The Morgan fingerprint density at radius 1 is 1.23 bits per heavy atom. The lowest BCUT2D eigenvalue weighted by Gasteiger charge is -2.29. The molecule has 7 nitrogen and oxygen atoms in total. The number of nitrogens with zero attached hydrogens (tertiary/aromatic N) is 5. The van der Waals surface area contributed by atoms with Crippen molar-refractivity contribution in [3.8, 4) is 0 Å². The zero-order valence-electron chi connectivity index (χ0n) is 18.1. The van der Waals surface area contributed by atoms with Gasteiger partial charge in [0.25, 0.3) is 5.91 Å². The highest BCUT2D eigenvalue weighted by Gasteiger charge is 2.26. The summed E-state index contributed by atoms with van der Waals surface area (Å²) < 4.78 is 8.35. The van der Waals surface area contributed by atoms with E-state index in [-0.39, 0.29) is 11.9 Å². The van der Waals surface area contributed by atoms with E-state index in [1.807, 2.05) is 18.7 Å². The molecule has 1 aliphatic heterocycles. The molecule has 1 amide bonds. The Bertz CT molecular complexity index is 1040. The molecule has 8 heteroatoms. The molecule has 0 N–H and O–H groups in total. The maximum atomic E-state index is 13.6. The smallest absolute Gasteiger partial charge is 0.278 e. The zero-order chi connectivity index (χ0) is 21.3. The normalized spacial score (nSPS) is 15.2. The van der Waals surface area contributed by atoms with Crippen molar-refractivity contribution in [2.75, 3.05) is 44.3 Å². The second-order valence-corrected chi connectivity index (χ2v) is 9.03. The van der Waals surface area contributed by atoms with Crippen LogP contribution in [-0.2, 0) is 4.74 Å². The van der Waals surface area contributed by atoms with Gasteiger partial charge in [-0.15, -0.1) is 0 Å². The van der Waals surface area contributed by atoms with Gasteiger partial charge >= 0.3 is 0 Å². The van der Waals surface area contributed by atoms with Gasteiger partial charge in [0, 0.05) is 38.4 Å². The van der Waals surface area contributed by atoms with Crippen LogP contribution in [0.5, 0.6) is 0 Å². The number of rotatable bonds is 6. The minimum atomic E-state index is -0.0529. The van der Waals surface area contributed by atoms with Gasteiger partial charge in [-0.05, 0) is 51.0 Å². The first-order valence-electron chi connectivity index (χ1n) is 10.5. The number of fused-ring (bicyclic) bond motifs is 1. The molecule has 1 saturated heterocycles. The lowest BCUT2D eigenvalue weighted by atomic mass is 10.1. The van der Waals surface area contributed by atoms with Crippen molar-refractivity contribution in [1.82, 2.24) is 19.7 Å². The molecule has 0 unspecified atom stereocenters. The largest absolute Gasteiger partial charge is 0.379 e. The van der Waals surface area contributed by atoms with Crippen molar-refractivity contribution >= 4 is 32.6 Å². The predicted molar refractivity (Wildman–Crippen MR) is 121 cm³/mol. The zero-order valence-corrected chi connectivity index (χ0v) is 18.9. The van der Waals surface area contributed by atoms with Crippen LogP contribution in [0.1, 0.15) is 41.5 Å². The molecule has 3 aromatic rings.